The molecule has 0 atom stereocenters. The normalized spacial score (nSPS) is 11.1. The summed E-state index contributed by atoms with van der Waals surface area (Å²) in [7, 11) is 3.93. The van der Waals surface area contributed by atoms with Gasteiger partial charge in [0.1, 0.15) is 0 Å². The van der Waals surface area contributed by atoms with E-state index in [0.717, 1.165) is 12.1 Å². The zero-order valence-electron chi connectivity index (χ0n) is 16.8. The Morgan fingerprint density at radius 2 is 1.59 bits per heavy atom. The minimum absolute atomic E-state index is 0.0587. The van der Waals surface area contributed by atoms with Crippen molar-refractivity contribution in [3.8, 4) is 0 Å². The first-order chi connectivity index (χ1) is 14.0. The highest BCUT2D eigenvalue weighted by molar-refractivity contribution is 5.80. The van der Waals surface area contributed by atoms with Gasteiger partial charge in [-0.1, -0.05) is 42.5 Å². The fourth-order valence-corrected chi connectivity index (χ4v) is 3.19. The summed E-state index contributed by atoms with van der Waals surface area (Å²) in [5.74, 6) is -0.0587. The molecular formula is C22H26N4O3. The number of benzene rings is 2. The fourth-order valence-electron chi connectivity index (χ4n) is 3.19. The topological polar surface area (TPSA) is 78.4 Å². The van der Waals surface area contributed by atoms with Crippen LogP contribution in [0.5, 0.6) is 0 Å². The molecule has 1 N–H and O–H groups in total. The second-order valence-corrected chi connectivity index (χ2v) is 7.30. The number of carbonyl (C=O) groups is 1. The van der Waals surface area contributed by atoms with Crippen LogP contribution < -0.4 is 11.1 Å². The lowest BCUT2D eigenvalue weighted by Gasteiger charge is -2.25. The largest absolute Gasteiger partial charge is 0.337 e. The van der Waals surface area contributed by atoms with Gasteiger partial charge in [0, 0.05) is 26.1 Å². The number of aromatic amines is 1. The molecular weight excluding hydrogens is 368 g/mol. The van der Waals surface area contributed by atoms with E-state index in [1.165, 1.54) is 4.68 Å². The first kappa shape index (κ1) is 20.5. The number of nitrogens with zero attached hydrogens (tertiary/aromatic N) is 3. The van der Waals surface area contributed by atoms with Gasteiger partial charge in [-0.2, -0.15) is 0 Å². The van der Waals surface area contributed by atoms with E-state index in [-0.39, 0.29) is 30.0 Å². The van der Waals surface area contributed by atoms with Crippen molar-refractivity contribution in [1.82, 2.24) is 19.6 Å². The smallest absolute Gasteiger partial charge is 0.273 e. The molecule has 0 aliphatic heterocycles. The molecule has 3 aromatic rings. The van der Waals surface area contributed by atoms with Gasteiger partial charge in [0.25, 0.3) is 11.1 Å². The molecule has 0 aliphatic carbocycles. The molecule has 1 amide bonds. The van der Waals surface area contributed by atoms with E-state index in [2.05, 4.69) is 5.10 Å². The van der Waals surface area contributed by atoms with Crippen LogP contribution in [0.1, 0.15) is 12.0 Å². The van der Waals surface area contributed by atoms with E-state index in [4.69, 9.17) is 0 Å². The summed E-state index contributed by atoms with van der Waals surface area (Å²) in [4.78, 5) is 41.6. The summed E-state index contributed by atoms with van der Waals surface area (Å²) < 4.78 is 1.23. The molecule has 0 saturated carbocycles. The van der Waals surface area contributed by atoms with Gasteiger partial charge in [-0.3, -0.25) is 19.5 Å². The summed E-state index contributed by atoms with van der Waals surface area (Å²) >= 11 is 0. The number of carbonyl (C=O) groups excluding carboxylic acids is 1. The van der Waals surface area contributed by atoms with Crippen LogP contribution in [0.25, 0.3) is 10.8 Å². The fraction of sp³-hybridized carbons (Fsp3) is 0.318. The van der Waals surface area contributed by atoms with Gasteiger partial charge in [-0.25, -0.2) is 4.68 Å². The third-order valence-electron chi connectivity index (χ3n) is 4.82. The summed E-state index contributed by atoms with van der Waals surface area (Å²) in [6, 6.07) is 16.5. The highest BCUT2D eigenvalue weighted by atomic mass is 16.2. The zero-order valence-corrected chi connectivity index (χ0v) is 16.8. The van der Waals surface area contributed by atoms with Crippen molar-refractivity contribution in [2.75, 3.05) is 27.2 Å². The average molecular weight is 394 g/mol. The van der Waals surface area contributed by atoms with Gasteiger partial charge in [0.05, 0.1) is 17.3 Å². The number of likely N-dealkylation sites (N-methyl/N-ethyl adjacent to an activating group) is 1. The highest BCUT2D eigenvalue weighted by Gasteiger charge is 2.15. The second kappa shape index (κ2) is 9.34. The SMILES string of the molecule is CN(C)CCN(Cc1ccccc1)C(=O)CCn1[nH]c(=O)c2ccccc2c1=O. The molecule has 0 spiro atoms. The Bertz CT molecular complexity index is 1090. The van der Waals surface area contributed by atoms with Gasteiger partial charge in [-0.15, -0.1) is 0 Å². The third kappa shape index (κ3) is 5.20. The van der Waals surface area contributed by atoms with Crippen LogP contribution in [0.2, 0.25) is 0 Å². The predicted octanol–water partition coefficient (Wildman–Crippen LogP) is 1.67. The molecule has 0 saturated heterocycles. The van der Waals surface area contributed by atoms with Crippen molar-refractivity contribution in [3.05, 3.63) is 80.9 Å². The van der Waals surface area contributed by atoms with Crippen molar-refractivity contribution in [2.24, 2.45) is 0 Å². The Hall–Kier alpha value is -3.19. The summed E-state index contributed by atoms with van der Waals surface area (Å²) in [6.07, 6.45) is 0.133. The lowest BCUT2D eigenvalue weighted by molar-refractivity contribution is -0.132. The van der Waals surface area contributed by atoms with Crippen molar-refractivity contribution in [3.63, 3.8) is 0 Å². The molecule has 1 heterocycles. The number of amides is 1. The van der Waals surface area contributed by atoms with Crippen molar-refractivity contribution in [2.45, 2.75) is 19.5 Å². The molecule has 3 rings (SSSR count). The predicted molar refractivity (Wildman–Crippen MR) is 114 cm³/mol. The van der Waals surface area contributed by atoms with Crippen molar-refractivity contribution < 1.29 is 4.79 Å². The Morgan fingerprint density at radius 3 is 2.28 bits per heavy atom. The van der Waals surface area contributed by atoms with Crippen LogP contribution in [0.3, 0.4) is 0 Å². The molecule has 2 aromatic carbocycles. The standard InChI is InChI=1S/C22H26N4O3/c1-24(2)14-15-25(16-17-8-4-3-5-9-17)20(27)12-13-26-22(29)19-11-7-6-10-18(19)21(28)23-26/h3-11H,12-16H2,1-2H3,(H,23,28). The van der Waals surface area contributed by atoms with E-state index in [1.807, 2.05) is 49.3 Å². The van der Waals surface area contributed by atoms with Crippen LogP contribution in [0.15, 0.2) is 64.2 Å². The molecule has 0 unspecified atom stereocenters. The van der Waals surface area contributed by atoms with Crippen LogP contribution in [0, 0.1) is 0 Å². The van der Waals surface area contributed by atoms with Gasteiger partial charge in [0.2, 0.25) is 5.91 Å². The molecule has 152 valence electrons. The van der Waals surface area contributed by atoms with Crippen LogP contribution in [0.4, 0.5) is 0 Å². The van der Waals surface area contributed by atoms with Gasteiger partial charge in [0.15, 0.2) is 0 Å². The van der Waals surface area contributed by atoms with E-state index >= 15 is 0 Å². The highest BCUT2D eigenvalue weighted by Crippen LogP contribution is 2.07. The minimum atomic E-state index is -0.332. The Balaban J connectivity index is 1.75. The summed E-state index contributed by atoms with van der Waals surface area (Å²) in [5, 5.41) is 3.30. The molecule has 1 aromatic heterocycles. The number of H-pyrrole nitrogens is 1. The summed E-state index contributed by atoms with van der Waals surface area (Å²) in [5.41, 5.74) is 0.424. The average Bonchev–Trinajstić information content (AvgIpc) is 2.73. The molecule has 0 aliphatic rings. The Kier molecular flexibility index (Phi) is 6.61. The quantitative estimate of drug-likeness (QED) is 0.630. The Morgan fingerprint density at radius 1 is 0.931 bits per heavy atom. The molecule has 29 heavy (non-hydrogen) atoms. The lowest BCUT2D eigenvalue weighted by Crippen LogP contribution is -2.38. The maximum Gasteiger partial charge on any atom is 0.273 e. The van der Waals surface area contributed by atoms with Crippen molar-refractivity contribution in [1.29, 1.82) is 0 Å². The van der Waals surface area contributed by atoms with E-state index in [1.54, 1.807) is 29.2 Å². The first-order valence-corrected chi connectivity index (χ1v) is 9.64. The minimum Gasteiger partial charge on any atom is -0.337 e. The molecule has 0 radical (unpaired) electrons. The number of hydrogen-bond donors (Lipinski definition) is 1. The van der Waals surface area contributed by atoms with Gasteiger partial charge < -0.3 is 9.80 Å². The zero-order chi connectivity index (χ0) is 20.8. The van der Waals surface area contributed by atoms with Crippen LogP contribution >= 0.6 is 0 Å². The van der Waals surface area contributed by atoms with Gasteiger partial charge in [-0.05, 0) is 31.8 Å². The number of aromatic nitrogens is 2. The maximum atomic E-state index is 12.9. The van der Waals surface area contributed by atoms with Crippen molar-refractivity contribution >= 4 is 16.7 Å². The second-order valence-electron chi connectivity index (χ2n) is 7.30. The van der Waals surface area contributed by atoms with Gasteiger partial charge >= 0.3 is 0 Å². The van der Waals surface area contributed by atoms with Crippen LogP contribution in [-0.2, 0) is 17.9 Å². The first-order valence-electron chi connectivity index (χ1n) is 9.64. The number of rotatable bonds is 8. The maximum absolute atomic E-state index is 12.9. The lowest BCUT2D eigenvalue weighted by atomic mass is 10.2. The summed E-state index contributed by atoms with van der Waals surface area (Å²) in [6.45, 7) is 1.97. The molecule has 7 heteroatoms. The monoisotopic (exact) mass is 394 g/mol. The van der Waals surface area contributed by atoms with E-state index in [0.29, 0.717) is 23.9 Å². The van der Waals surface area contributed by atoms with E-state index < -0.39 is 0 Å². The number of nitrogens with one attached hydrogen (secondary N) is 1. The molecule has 0 fully saturated rings. The number of hydrogen-bond acceptors (Lipinski definition) is 4. The molecule has 0 bridgehead atoms. The van der Waals surface area contributed by atoms with Crippen LogP contribution in [-0.4, -0.2) is 52.7 Å². The van der Waals surface area contributed by atoms with E-state index in [9.17, 15) is 14.4 Å². The number of aryl methyl sites for hydroxylation is 1. The third-order valence-corrected chi connectivity index (χ3v) is 4.82. The molecule has 7 nitrogen and oxygen atoms in total. The number of fused-ring (bicyclic) bond motifs is 1. The Labute approximate surface area is 169 Å².